The summed E-state index contributed by atoms with van der Waals surface area (Å²) in [6, 6.07) is 8.26. The molecule has 1 saturated heterocycles. The van der Waals surface area contributed by atoms with Crippen LogP contribution < -0.4 is 5.32 Å². The van der Waals surface area contributed by atoms with E-state index in [2.05, 4.69) is 27.3 Å². The zero-order valence-electron chi connectivity index (χ0n) is 10.8. The van der Waals surface area contributed by atoms with Crippen molar-refractivity contribution >= 4 is 17.4 Å². The van der Waals surface area contributed by atoms with Crippen molar-refractivity contribution in [3.05, 3.63) is 34.9 Å². The minimum Gasteiger partial charge on any atom is -0.379 e. The first-order chi connectivity index (χ1) is 9.34. The molecule has 0 bridgehead atoms. The molecule has 5 heteroatoms. The second kappa shape index (κ2) is 5.90. The highest BCUT2D eigenvalue weighted by Crippen LogP contribution is 2.25. The first-order valence-electron chi connectivity index (χ1n) is 6.70. The van der Waals surface area contributed by atoms with Crippen LogP contribution in [-0.2, 0) is 4.74 Å². The van der Waals surface area contributed by atoms with Gasteiger partial charge in [-0.05, 0) is 17.7 Å². The van der Waals surface area contributed by atoms with Crippen molar-refractivity contribution < 1.29 is 4.74 Å². The molecule has 2 aliphatic heterocycles. The number of amidine groups is 1. The number of halogens is 1. The fourth-order valence-corrected chi connectivity index (χ4v) is 2.75. The predicted octanol–water partition coefficient (Wildman–Crippen LogP) is 1.71. The highest BCUT2D eigenvalue weighted by Gasteiger charge is 2.28. The number of morpholine rings is 1. The lowest BCUT2D eigenvalue weighted by atomic mass is 10.0. The summed E-state index contributed by atoms with van der Waals surface area (Å²) < 4.78 is 5.44. The number of nitrogens with zero attached hydrogens (tertiary/aromatic N) is 2. The van der Waals surface area contributed by atoms with Gasteiger partial charge in [-0.1, -0.05) is 23.7 Å². The van der Waals surface area contributed by atoms with Gasteiger partial charge in [-0.25, -0.2) is 0 Å². The van der Waals surface area contributed by atoms with Crippen molar-refractivity contribution in [2.24, 2.45) is 4.99 Å². The first kappa shape index (κ1) is 12.9. The predicted molar refractivity (Wildman–Crippen MR) is 76.9 cm³/mol. The quantitative estimate of drug-likeness (QED) is 0.915. The average molecular weight is 280 g/mol. The van der Waals surface area contributed by atoms with Crippen molar-refractivity contribution in [2.75, 3.05) is 39.4 Å². The molecule has 0 aromatic heterocycles. The van der Waals surface area contributed by atoms with Crippen molar-refractivity contribution in [3.8, 4) is 0 Å². The van der Waals surface area contributed by atoms with E-state index in [0.717, 1.165) is 50.3 Å². The number of hydrogen-bond donors (Lipinski definition) is 1. The summed E-state index contributed by atoms with van der Waals surface area (Å²) in [4.78, 5) is 7.02. The van der Waals surface area contributed by atoms with E-state index in [-0.39, 0.29) is 6.04 Å². The van der Waals surface area contributed by atoms with Crippen molar-refractivity contribution in [1.82, 2.24) is 10.2 Å². The number of hydrogen-bond acceptors (Lipinski definition) is 4. The molecule has 1 aromatic rings. The Morgan fingerprint density at radius 1 is 1.21 bits per heavy atom. The molecule has 4 nitrogen and oxygen atoms in total. The van der Waals surface area contributed by atoms with Gasteiger partial charge in [0.15, 0.2) is 0 Å². The van der Waals surface area contributed by atoms with Crippen molar-refractivity contribution in [3.63, 3.8) is 0 Å². The molecule has 19 heavy (non-hydrogen) atoms. The van der Waals surface area contributed by atoms with E-state index < -0.39 is 0 Å². The number of rotatable bonds is 3. The Labute approximate surface area is 118 Å². The topological polar surface area (TPSA) is 36.9 Å². The Morgan fingerprint density at radius 2 is 1.95 bits per heavy atom. The van der Waals surface area contributed by atoms with Gasteiger partial charge in [0, 0.05) is 24.7 Å². The Hall–Kier alpha value is -1.10. The molecule has 1 unspecified atom stereocenters. The van der Waals surface area contributed by atoms with Crippen LogP contribution in [0.2, 0.25) is 5.02 Å². The highest BCUT2D eigenvalue weighted by molar-refractivity contribution is 6.30. The first-order valence-corrected chi connectivity index (χ1v) is 7.08. The molecule has 1 fully saturated rings. The summed E-state index contributed by atoms with van der Waals surface area (Å²) in [6.45, 7) is 5.25. The van der Waals surface area contributed by atoms with E-state index in [1.165, 1.54) is 5.56 Å². The van der Waals surface area contributed by atoms with Crippen LogP contribution >= 0.6 is 11.6 Å². The van der Waals surface area contributed by atoms with Gasteiger partial charge in [0.25, 0.3) is 0 Å². The molecule has 2 heterocycles. The van der Waals surface area contributed by atoms with Gasteiger partial charge >= 0.3 is 0 Å². The largest absolute Gasteiger partial charge is 0.379 e. The molecule has 0 amide bonds. The lowest BCUT2D eigenvalue weighted by Gasteiger charge is -2.34. The van der Waals surface area contributed by atoms with Gasteiger partial charge in [-0.3, -0.25) is 9.89 Å². The Kier molecular flexibility index (Phi) is 4.01. The third-order valence-corrected chi connectivity index (χ3v) is 3.81. The van der Waals surface area contributed by atoms with Gasteiger partial charge in [-0.15, -0.1) is 0 Å². The molecule has 1 atom stereocenters. The molecule has 0 radical (unpaired) electrons. The third kappa shape index (κ3) is 2.91. The van der Waals surface area contributed by atoms with Crippen LogP contribution in [0.15, 0.2) is 29.3 Å². The van der Waals surface area contributed by atoms with Crippen LogP contribution in [0.4, 0.5) is 0 Å². The van der Waals surface area contributed by atoms with Crippen LogP contribution in [0.3, 0.4) is 0 Å². The fraction of sp³-hybridized carbons (Fsp3) is 0.500. The zero-order valence-corrected chi connectivity index (χ0v) is 11.6. The third-order valence-electron chi connectivity index (χ3n) is 3.56. The summed E-state index contributed by atoms with van der Waals surface area (Å²) in [5.41, 5.74) is 1.24. The Balaban J connectivity index is 1.88. The van der Waals surface area contributed by atoms with Crippen molar-refractivity contribution in [2.45, 2.75) is 6.04 Å². The molecule has 102 valence electrons. The fourth-order valence-electron chi connectivity index (χ4n) is 2.62. The lowest BCUT2D eigenvalue weighted by molar-refractivity contribution is 0.0283. The van der Waals surface area contributed by atoms with Crippen LogP contribution in [0.25, 0.3) is 0 Å². The lowest BCUT2D eigenvalue weighted by Crippen LogP contribution is -2.44. The Bertz CT molecular complexity index is 454. The highest BCUT2D eigenvalue weighted by atomic mass is 35.5. The molecule has 0 aliphatic carbocycles. The minimum atomic E-state index is 0.198. The molecule has 1 N–H and O–H groups in total. The zero-order chi connectivity index (χ0) is 13.1. The van der Waals surface area contributed by atoms with Gasteiger partial charge < -0.3 is 10.1 Å². The maximum atomic E-state index is 5.98. The SMILES string of the molecule is Clc1ccc(C(C2=NCCN2)N2CCOCC2)cc1. The normalized spacial score (nSPS) is 21.8. The molecule has 3 rings (SSSR count). The maximum Gasteiger partial charge on any atom is 0.119 e. The molecule has 1 aromatic carbocycles. The molecule has 0 spiro atoms. The molecular formula is C14H18ClN3O. The smallest absolute Gasteiger partial charge is 0.119 e. The summed E-state index contributed by atoms with van der Waals surface area (Å²) in [7, 11) is 0. The number of ether oxygens (including phenoxy) is 1. The second-order valence-electron chi connectivity index (χ2n) is 4.80. The van der Waals surface area contributed by atoms with Crippen LogP contribution in [0.5, 0.6) is 0 Å². The van der Waals surface area contributed by atoms with Gasteiger partial charge in [0.1, 0.15) is 5.84 Å². The van der Waals surface area contributed by atoms with E-state index in [4.69, 9.17) is 16.3 Å². The van der Waals surface area contributed by atoms with Crippen LogP contribution in [0, 0.1) is 0 Å². The van der Waals surface area contributed by atoms with Crippen LogP contribution in [0.1, 0.15) is 11.6 Å². The van der Waals surface area contributed by atoms with Gasteiger partial charge in [0.05, 0.1) is 25.8 Å². The van der Waals surface area contributed by atoms with Gasteiger partial charge in [-0.2, -0.15) is 0 Å². The molecule has 0 saturated carbocycles. The van der Waals surface area contributed by atoms with E-state index in [1.54, 1.807) is 0 Å². The average Bonchev–Trinajstić information content (AvgIpc) is 2.96. The van der Waals surface area contributed by atoms with E-state index >= 15 is 0 Å². The van der Waals surface area contributed by atoms with Crippen molar-refractivity contribution in [1.29, 1.82) is 0 Å². The minimum absolute atomic E-state index is 0.198. The van der Waals surface area contributed by atoms with E-state index in [0.29, 0.717) is 0 Å². The summed E-state index contributed by atoms with van der Waals surface area (Å²) in [6.07, 6.45) is 0. The second-order valence-corrected chi connectivity index (χ2v) is 5.23. The van der Waals surface area contributed by atoms with Crippen LogP contribution in [-0.4, -0.2) is 50.1 Å². The maximum absolute atomic E-state index is 5.98. The summed E-state index contributed by atoms with van der Waals surface area (Å²) >= 11 is 5.98. The number of benzene rings is 1. The monoisotopic (exact) mass is 279 g/mol. The standard InChI is InChI=1S/C14H18ClN3O/c15-12-3-1-11(2-4-12)13(14-16-5-6-17-14)18-7-9-19-10-8-18/h1-4,13H,5-10H2,(H,16,17). The van der Waals surface area contributed by atoms with E-state index in [1.807, 2.05) is 12.1 Å². The number of aliphatic imine (C=N–C) groups is 1. The summed E-state index contributed by atoms with van der Waals surface area (Å²) in [5.74, 6) is 1.07. The molecular weight excluding hydrogens is 262 g/mol. The number of nitrogens with one attached hydrogen (secondary N) is 1. The van der Waals surface area contributed by atoms with E-state index in [9.17, 15) is 0 Å². The van der Waals surface area contributed by atoms with Gasteiger partial charge in [0.2, 0.25) is 0 Å². The summed E-state index contributed by atoms with van der Waals surface area (Å²) in [5, 5.41) is 4.17. The molecule has 2 aliphatic rings. The Morgan fingerprint density at radius 3 is 2.58 bits per heavy atom.